The molecular formula is C20H17F2NO3S. The Bertz CT molecular complexity index is 942. The van der Waals surface area contributed by atoms with E-state index >= 15 is 0 Å². The van der Waals surface area contributed by atoms with E-state index in [4.69, 9.17) is 9.47 Å². The van der Waals surface area contributed by atoms with Gasteiger partial charge in [0.25, 0.3) is 5.91 Å². The van der Waals surface area contributed by atoms with Gasteiger partial charge < -0.3 is 14.8 Å². The highest BCUT2D eigenvalue weighted by Crippen LogP contribution is 2.28. The van der Waals surface area contributed by atoms with Crippen LogP contribution in [0.1, 0.15) is 22.2 Å². The van der Waals surface area contributed by atoms with Crippen molar-refractivity contribution in [2.75, 3.05) is 11.9 Å². The van der Waals surface area contributed by atoms with Crippen molar-refractivity contribution in [3.63, 3.8) is 0 Å². The smallest absolute Gasteiger partial charge is 0.265 e. The van der Waals surface area contributed by atoms with Crippen LogP contribution in [0.4, 0.5) is 14.5 Å². The van der Waals surface area contributed by atoms with E-state index in [1.54, 1.807) is 11.4 Å². The Hall–Kier alpha value is -2.93. The van der Waals surface area contributed by atoms with Gasteiger partial charge in [-0.15, -0.1) is 11.3 Å². The van der Waals surface area contributed by atoms with Crippen molar-refractivity contribution in [1.82, 2.24) is 0 Å². The molecule has 0 radical (unpaired) electrons. The van der Waals surface area contributed by atoms with Gasteiger partial charge in [0.15, 0.2) is 11.5 Å². The molecular weight excluding hydrogens is 372 g/mol. The first-order valence-corrected chi connectivity index (χ1v) is 9.13. The molecule has 4 nitrogen and oxygen atoms in total. The molecule has 0 bridgehead atoms. The maximum absolute atomic E-state index is 13.7. The molecule has 0 aliphatic carbocycles. The first-order valence-electron chi connectivity index (χ1n) is 8.25. The zero-order valence-electron chi connectivity index (χ0n) is 14.5. The standard InChI is InChI=1S/C20H17F2NO3S/c1-2-25-17-5-3-4-6-18(17)26-11-13-9-19(27-12-13)20(24)23-16-8-7-14(21)10-15(16)22/h3-10,12H,2,11H2,1H3,(H,23,24). The first kappa shape index (κ1) is 18.8. The van der Waals surface area contributed by atoms with E-state index in [2.05, 4.69) is 5.32 Å². The van der Waals surface area contributed by atoms with Crippen LogP contribution in [0.2, 0.25) is 0 Å². The van der Waals surface area contributed by atoms with Crippen LogP contribution in [0.15, 0.2) is 53.9 Å². The number of carbonyl (C=O) groups excluding carboxylic acids is 1. The summed E-state index contributed by atoms with van der Waals surface area (Å²) in [6, 6.07) is 12.0. The summed E-state index contributed by atoms with van der Waals surface area (Å²) in [5.41, 5.74) is 0.731. The molecule has 0 saturated heterocycles. The van der Waals surface area contributed by atoms with Gasteiger partial charge in [-0.25, -0.2) is 8.78 Å². The summed E-state index contributed by atoms with van der Waals surface area (Å²) >= 11 is 1.22. The largest absolute Gasteiger partial charge is 0.490 e. The molecule has 3 rings (SSSR count). The highest BCUT2D eigenvalue weighted by atomic mass is 32.1. The van der Waals surface area contributed by atoms with Gasteiger partial charge in [0.2, 0.25) is 0 Å². The molecule has 7 heteroatoms. The molecule has 1 N–H and O–H groups in total. The van der Waals surface area contributed by atoms with Crippen molar-refractivity contribution in [3.8, 4) is 11.5 Å². The lowest BCUT2D eigenvalue weighted by molar-refractivity contribution is 0.103. The quantitative estimate of drug-likeness (QED) is 0.600. The number of halogens is 2. The van der Waals surface area contributed by atoms with Crippen LogP contribution in [-0.4, -0.2) is 12.5 Å². The first-order chi connectivity index (χ1) is 13.1. The predicted molar refractivity (Wildman–Crippen MR) is 101 cm³/mol. The number of rotatable bonds is 7. The third kappa shape index (κ3) is 4.83. The van der Waals surface area contributed by atoms with Crippen molar-refractivity contribution in [1.29, 1.82) is 0 Å². The SMILES string of the molecule is CCOc1ccccc1OCc1csc(C(=O)Nc2ccc(F)cc2F)c1. The van der Waals surface area contributed by atoms with Crippen molar-refractivity contribution >= 4 is 22.9 Å². The fourth-order valence-electron chi connectivity index (χ4n) is 2.35. The Kier molecular flexibility index (Phi) is 6.03. The maximum atomic E-state index is 13.7. The molecule has 1 amide bonds. The Morgan fingerprint density at radius 2 is 1.81 bits per heavy atom. The Labute approximate surface area is 159 Å². The summed E-state index contributed by atoms with van der Waals surface area (Å²) in [6.07, 6.45) is 0. The summed E-state index contributed by atoms with van der Waals surface area (Å²) < 4.78 is 37.9. The fraction of sp³-hybridized carbons (Fsp3) is 0.150. The number of anilines is 1. The summed E-state index contributed by atoms with van der Waals surface area (Å²) in [5, 5.41) is 4.23. The minimum atomic E-state index is -0.823. The minimum Gasteiger partial charge on any atom is -0.490 e. The van der Waals surface area contributed by atoms with Gasteiger partial charge >= 0.3 is 0 Å². The van der Waals surface area contributed by atoms with Gasteiger partial charge in [-0.2, -0.15) is 0 Å². The van der Waals surface area contributed by atoms with E-state index in [9.17, 15) is 13.6 Å². The molecule has 0 aliphatic rings. The highest BCUT2D eigenvalue weighted by Gasteiger charge is 2.13. The van der Waals surface area contributed by atoms with E-state index < -0.39 is 17.5 Å². The molecule has 0 aliphatic heterocycles. The summed E-state index contributed by atoms with van der Waals surface area (Å²) in [7, 11) is 0. The normalized spacial score (nSPS) is 10.5. The number of ether oxygens (including phenoxy) is 2. The van der Waals surface area contributed by atoms with Crippen molar-refractivity contribution in [2.24, 2.45) is 0 Å². The number of hydrogen-bond donors (Lipinski definition) is 1. The lowest BCUT2D eigenvalue weighted by atomic mass is 10.2. The number of benzene rings is 2. The van der Waals surface area contributed by atoms with Crippen molar-refractivity contribution < 1.29 is 23.0 Å². The number of thiophene rings is 1. The number of amides is 1. The monoisotopic (exact) mass is 389 g/mol. The average molecular weight is 389 g/mol. The minimum absolute atomic E-state index is 0.0711. The second-order valence-electron chi connectivity index (χ2n) is 5.57. The fourth-order valence-corrected chi connectivity index (χ4v) is 3.14. The zero-order valence-corrected chi connectivity index (χ0v) is 15.3. The van der Waals surface area contributed by atoms with E-state index in [0.29, 0.717) is 23.0 Å². The second kappa shape index (κ2) is 8.64. The zero-order chi connectivity index (χ0) is 19.2. The maximum Gasteiger partial charge on any atom is 0.265 e. The molecule has 0 atom stereocenters. The Morgan fingerprint density at radius 1 is 1.07 bits per heavy atom. The van der Waals surface area contributed by atoms with Crippen molar-refractivity contribution in [3.05, 3.63) is 76.0 Å². The summed E-state index contributed by atoms with van der Waals surface area (Å²) in [6.45, 7) is 2.69. The molecule has 0 saturated carbocycles. The van der Waals surface area contributed by atoms with Gasteiger partial charge in [-0.1, -0.05) is 12.1 Å². The lowest BCUT2D eigenvalue weighted by Gasteiger charge is -2.10. The second-order valence-corrected chi connectivity index (χ2v) is 6.48. The molecule has 27 heavy (non-hydrogen) atoms. The molecule has 1 heterocycles. The van der Waals surface area contributed by atoms with Crippen LogP contribution < -0.4 is 14.8 Å². The van der Waals surface area contributed by atoms with Crippen LogP contribution in [0.5, 0.6) is 11.5 Å². The summed E-state index contributed by atoms with van der Waals surface area (Å²) in [5.74, 6) is -0.722. The predicted octanol–water partition coefficient (Wildman–Crippen LogP) is 5.26. The van der Waals surface area contributed by atoms with Crippen molar-refractivity contribution in [2.45, 2.75) is 13.5 Å². The van der Waals surface area contributed by atoms with Crippen LogP contribution >= 0.6 is 11.3 Å². The number of carbonyl (C=O) groups is 1. The van der Waals surface area contributed by atoms with E-state index in [0.717, 1.165) is 17.7 Å². The van der Waals surface area contributed by atoms with Crippen LogP contribution in [0.3, 0.4) is 0 Å². The van der Waals surface area contributed by atoms with Gasteiger partial charge in [0.05, 0.1) is 17.2 Å². The van der Waals surface area contributed by atoms with Gasteiger partial charge in [-0.3, -0.25) is 4.79 Å². The number of hydrogen-bond acceptors (Lipinski definition) is 4. The highest BCUT2D eigenvalue weighted by molar-refractivity contribution is 7.12. The third-order valence-corrected chi connectivity index (χ3v) is 4.58. The Morgan fingerprint density at radius 3 is 2.52 bits per heavy atom. The third-order valence-electron chi connectivity index (χ3n) is 3.60. The van der Waals surface area contributed by atoms with Crippen LogP contribution in [-0.2, 0) is 6.61 Å². The lowest BCUT2D eigenvalue weighted by Crippen LogP contribution is -2.11. The average Bonchev–Trinajstić information content (AvgIpc) is 3.13. The van der Waals surface area contributed by atoms with Gasteiger partial charge in [0, 0.05) is 11.6 Å². The molecule has 0 unspecified atom stereocenters. The molecule has 0 spiro atoms. The molecule has 140 valence electrons. The van der Waals surface area contributed by atoms with Crippen LogP contribution in [0.25, 0.3) is 0 Å². The number of nitrogens with one attached hydrogen (secondary N) is 1. The van der Waals surface area contributed by atoms with Crippen LogP contribution in [0, 0.1) is 11.6 Å². The molecule has 0 fully saturated rings. The summed E-state index contributed by atoms with van der Waals surface area (Å²) in [4.78, 5) is 12.7. The van der Waals surface area contributed by atoms with Gasteiger partial charge in [0.1, 0.15) is 18.2 Å². The number of para-hydroxylation sites is 2. The van der Waals surface area contributed by atoms with E-state index in [-0.39, 0.29) is 12.3 Å². The molecule has 1 aromatic heterocycles. The Balaban J connectivity index is 1.63. The molecule has 3 aromatic rings. The molecule has 2 aromatic carbocycles. The topological polar surface area (TPSA) is 47.6 Å². The van der Waals surface area contributed by atoms with E-state index in [1.807, 2.05) is 31.2 Å². The van der Waals surface area contributed by atoms with Gasteiger partial charge in [-0.05, 0) is 42.6 Å². The van der Waals surface area contributed by atoms with E-state index in [1.165, 1.54) is 17.4 Å².